The second-order valence-electron chi connectivity index (χ2n) is 9.76. The van der Waals surface area contributed by atoms with Gasteiger partial charge in [0.05, 0.1) is 0 Å². The van der Waals surface area contributed by atoms with E-state index in [0.717, 1.165) is 34.8 Å². The maximum atomic E-state index is 12.0. The summed E-state index contributed by atoms with van der Waals surface area (Å²) >= 11 is 0. The summed E-state index contributed by atoms with van der Waals surface area (Å²) in [5, 5.41) is 0. The lowest BCUT2D eigenvalue weighted by atomic mass is 9.79. The van der Waals surface area contributed by atoms with Crippen LogP contribution >= 0.6 is 0 Å². The van der Waals surface area contributed by atoms with Crippen molar-refractivity contribution in [3.05, 3.63) is 114 Å². The maximum absolute atomic E-state index is 12.0. The highest BCUT2D eigenvalue weighted by molar-refractivity contribution is 5.87. The third-order valence-corrected chi connectivity index (χ3v) is 6.56. The summed E-state index contributed by atoms with van der Waals surface area (Å²) in [6.07, 6.45) is 8.14. The van der Waals surface area contributed by atoms with Crippen LogP contribution in [0.4, 0.5) is 0 Å². The molecule has 36 heavy (non-hydrogen) atoms. The van der Waals surface area contributed by atoms with Crippen LogP contribution in [0.15, 0.2) is 97.1 Å². The molecule has 0 aromatic heterocycles. The largest absolute Gasteiger partial charge is 0.458 e. The molecule has 4 heteroatoms. The predicted octanol–water partition coefficient (Wildman–Crippen LogP) is 7.38. The molecule has 1 aliphatic rings. The van der Waals surface area contributed by atoms with Crippen LogP contribution in [0.5, 0.6) is 5.75 Å². The Labute approximate surface area is 214 Å². The van der Waals surface area contributed by atoms with Crippen LogP contribution in [0.25, 0.3) is 11.1 Å². The van der Waals surface area contributed by atoms with Gasteiger partial charge in [-0.25, -0.2) is 9.59 Å². The van der Waals surface area contributed by atoms with Gasteiger partial charge in [-0.05, 0) is 67.2 Å². The van der Waals surface area contributed by atoms with E-state index in [1.165, 1.54) is 11.1 Å². The Kier molecular flexibility index (Phi) is 8.31. The van der Waals surface area contributed by atoms with Crippen molar-refractivity contribution in [2.45, 2.75) is 52.6 Å². The monoisotopic (exact) mass is 482 g/mol. The minimum absolute atomic E-state index is 0.299. The van der Waals surface area contributed by atoms with Gasteiger partial charge in [-0.1, -0.05) is 87.2 Å². The minimum Gasteiger partial charge on any atom is -0.458 e. The molecular formula is C32H34O4. The zero-order valence-corrected chi connectivity index (χ0v) is 21.8. The van der Waals surface area contributed by atoms with Crippen LogP contribution in [-0.2, 0) is 19.7 Å². The molecule has 0 amide bonds. The lowest BCUT2D eigenvalue weighted by Gasteiger charge is -2.32. The Morgan fingerprint density at radius 2 is 1.61 bits per heavy atom. The third-order valence-electron chi connectivity index (χ3n) is 6.56. The van der Waals surface area contributed by atoms with Crippen molar-refractivity contribution in [3.63, 3.8) is 0 Å². The van der Waals surface area contributed by atoms with Gasteiger partial charge in [0.1, 0.15) is 11.9 Å². The van der Waals surface area contributed by atoms with E-state index in [-0.39, 0.29) is 17.5 Å². The molecule has 3 rings (SSSR count). The number of carbonyl (C=O) groups is 2. The van der Waals surface area contributed by atoms with Crippen LogP contribution in [0.2, 0.25) is 0 Å². The van der Waals surface area contributed by atoms with Gasteiger partial charge in [0, 0.05) is 17.1 Å². The molecule has 0 N–H and O–H groups in total. The Bertz CT molecular complexity index is 1250. The third kappa shape index (κ3) is 6.39. The molecule has 0 bridgehead atoms. The zero-order valence-electron chi connectivity index (χ0n) is 21.8. The number of carbonyl (C=O) groups excluding carboxylic acids is 2. The van der Waals surface area contributed by atoms with Crippen LogP contribution in [0, 0.1) is 0 Å². The fraction of sp³-hybridized carbons (Fsp3) is 0.250. The van der Waals surface area contributed by atoms with Gasteiger partial charge in [-0.2, -0.15) is 0 Å². The summed E-state index contributed by atoms with van der Waals surface area (Å²) in [4.78, 5) is 23.4. The second-order valence-corrected chi connectivity index (χ2v) is 9.76. The van der Waals surface area contributed by atoms with Gasteiger partial charge < -0.3 is 9.47 Å². The Morgan fingerprint density at radius 3 is 2.19 bits per heavy atom. The molecule has 0 saturated heterocycles. The summed E-state index contributed by atoms with van der Waals surface area (Å²) < 4.78 is 10.8. The molecule has 2 aromatic rings. The first kappa shape index (κ1) is 26.7. The van der Waals surface area contributed by atoms with Crippen LogP contribution < -0.4 is 4.74 Å². The average Bonchev–Trinajstić information content (AvgIpc) is 3.05. The van der Waals surface area contributed by atoms with Crippen molar-refractivity contribution in [2.24, 2.45) is 0 Å². The molecule has 0 radical (unpaired) electrons. The Balaban J connectivity index is 1.80. The number of hydrogen-bond donors (Lipinski definition) is 0. The summed E-state index contributed by atoms with van der Waals surface area (Å²) in [6, 6.07) is 15.9. The number of benzene rings is 2. The number of hydrogen-bond acceptors (Lipinski definition) is 4. The normalized spacial score (nSPS) is 14.4. The van der Waals surface area contributed by atoms with E-state index in [2.05, 4.69) is 76.4 Å². The standard InChI is InChI=1S/C32H34O4/c1-8-30(33)36-29-17-13-25(14-18-29)27-10-9-26(19-22(4)20-27)24-11-15-28(16-12-24)32(6,7)23(5)35-31(34)21(2)3/h8-18,20,23H,1-2,19H2,3-7H3. The molecule has 1 atom stereocenters. The number of allylic oxidation sites excluding steroid dienone is 6. The van der Waals surface area contributed by atoms with E-state index in [4.69, 9.17) is 9.47 Å². The van der Waals surface area contributed by atoms with Gasteiger partial charge in [0.25, 0.3) is 0 Å². The van der Waals surface area contributed by atoms with E-state index in [1.54, 1.807) is 19.1 Å². The molecule has 0 fully saturated rings. The van der Waals surface area contributed by atoms with E-state index in [9.17, 15) is 9.59 Å². The first-order valence-corrected chi connectivity index (χ1v) is 12.0. The van der Waals surface area contributed by atoms with Gasteiger partial charge in [0.15, 0.2) is 0 Å². The lowest BCUT2D eigenvalue weighted by molar-refractivity contribution is -0.146. The first-order valence-electron chi connectivity index (χ1n) is 12.0. The minimum atomic E-state index is -0.475. The number of rotatable bonds is 8. The first-order chi connectivity index (χ1) is 17.0. The fourth-order valence-corrected chi connectivity index (χ4v) is 3.92. The molecule has 4 nitrogen and oxygen atoms in total. The van der Waals surface area contributed by atoms with E-state index >= 15 is 0 Å². The molecule has 0 heterocycles. The SMILES string of the molecule is C=CC(=O)Oc1ccc(C2=CC=C(c3ccc(C(C)(C)C(C)OC(=O)C(=C)C)cc3)CC(C)=C2)cc1. The molecule has 0 aliphatic heterocycles. The van der Waals surface area contributed by atoms with Crippen molar-refractivity contribution < 1.29 is 19.1 Å². The van der Waals surface area contributed by atoms with E-state index in [1.807, 2.05) is 19.1 Å². The Hall–Kier alpha value is -3.92. The van der Waals surface area contributed by atoms with Crippen molar-refractivity contribution in [2.75, 3.05) is 0 Å². The van der Waals surface area contributed by atoms with Crippen LogP contribution in [-0.4, -0.2) is 18.0 Å². The summed E-state index contributed by atoms with van der Waals surface area (Å²) in [5.41, 5.74) is 6.91. The van der Waals surface area contributed by atoms with E-state index < -0.39 is 5.97 Å². The number of ether oxygens (including phenoxy) is 2. The molecule has 0 saturated carbocycles. The molecule has 1 unspecified atom stereocenters. The van der Waals surface area contributed by atoms with Gasteiger partial charge in [0.2, 0.25) is 0 Å². The highest BCUT2D eigenvalue weighted by Gasteiger charge is 2.31. The quantitative estimate of drug-likeness (QED) is 0.224. The van der Waals surface area contributed by atoms with Crippen molar-refractivity contribution >= 4 is 23.1 Å². The van der Waals surface area contributed by atoms with Crippen LogP contribution in [0.1, 0.15) is 57.7 Å². The predicted molar refractivity (Wildman–Crippen MR) is 146 cm³/mol. The van der Waals surface area contributed by atoms with Gasteiger partial charge in [-0.15, -0.1) is 0 Å². The Morgan fingerprint density at radius 1 is 1.00 bits per heavy atom. The smallest absolute Gasteiger partial charge is 0.335 e. The second kappa shape index (κ2) is 11.2. The molecule has 0 spiro atoms. The topological polar surface area (TPSA) is 52.6 Å². The molecule has 2 aromatic carbocycles. The van der Waals surface area contributed by atoms with Gasteiger partial charge >= 0.3 is 11.9 Å². The maximum Gasteiger partial charge on any atom is 0.335 e. The van der Waals surface area contributed by atoms with Gasteiger partial charge in [-0.3, -0.25) is 0 Å². The molecule has 186 valence electrons. The van der Waals surface area contributed by atoms with E-state index in [0.29, 0.717) is 11.3 Å². The number of esters is 2. The summed E-state index contributed by atoms with van der Waals surface area (Å²) in [7, 11) is 0. The lowest BCUT2D eigenvalue weighted by Crippen LogP contribution is -2.35. The van der Waals surface area contributed by atoms with Crippen molar-refractivity contribution in [3.8, 4) is 5.75 Å². The average molecular weight is 483 g/mol. The van der Waals surface area contributed by atoms with Crippen molar-refractivity contribution in [1.29, 1.82) is 0 Å². The summed E-state index contributed by atoms with van der Waals surface area (Å²) in [6.45, 7) is 16.9. The van der Waals surface area contributed by atoms with Crippen LogP contribution in [0.3, 0.4) is 0 Å². The summed E-state index contributed by atoms with van der Waals surface area (Å²) in [5.74, 6) is -0.355. The highest BCUT2D eigenvalue weighted by atomic mass is 16.5. The molecule has 1 aliphatic carbocycles. The molecular weight excluding hydrogens is 448 g/mol. The fourth-order valence-electron chi connectivity index (χ4n) is 3.92. The zero-order chi connectivity index (χ0) is 26.5. The highest BCUT2D eigenvalue weighted by Crippen LogP contribution is 2.33. The van der Waals surface area contributed by atoms with Crippen molar-refractivity contribution in [1.82, 2.24) is 0 Å².